The van der Waals surface area contributed by atoms with E-state index in [9.17, 15) is 19.5 Å². The Hall–Kier alpha value is -3.23. The molecule has 0 saturated heterocycles. The standard InChI is InChI=1S/C52H89NO7/c1-6-8-10-12-14-16-18-20-22-24-25-27-28-30-32-34-36-38-40-42-50(54)59-47-48(46-58-45-44-49(52(56)57)53(3,4)5)60-51(55)43-41-39-37-35-33-31-29-26-23-21-19-17-15-13-11-9-7-2/h14-18,20-21,23,29,31,35,37,48-49H,6-13,19,22,24-28,30,32-34,36,38-47H2,1-5H3/b16-14+,17-15+,20-18+,23-21+,31-29+,37-35+. The number of hydrogen-bond donors (Lipinski definition) is 0. The molecule has 8 heteroatoms. The van der Waals surface area contributed by atoms with Crippen LogP contribution >= 0.6 is 0 Å². The maximum absolute atomic E-state index is 12.7. The summed E-state index contributed by atoms with van der Waals surface area (Å²) < 4.78 is 17.1. The summed E-state index contributed by atoms with van der Waals surface area (Å²) >= 11 is 0. The predicted molar refractivity (Wildman–Crippen MR) is 249 cm³/mol. The molecule has 0 amide bonds. The summed E-state index contributed by atoms with van der Waals surface area (Å²) in [6.07, 6.45) is 53.6. The molecule has 0 heterocycles. The van der Waals surface area contributed by atoms with Crippen LogP contribution < -0.4 is 5.11 Å². The molecule has 0 rings (SSSR count). The minimum Gasteiger partial charge on any atom is -0.544 e. The third-order valence-corrected chi connectivity index (χ3v) is 10.3. The molecule has 0 aromatic carbocycles. The Kier molecular flexibility index (Phi) is 40.2. The molecule has 2 atom stereocenters. The molecule has 0 spiro atoms. The SMILES string of the molecule is CCCCC/C=C/C=C/CCCCCCCCCCCCC(=O)OCC(COCCC(C(=O)[O-])[N+](C)(C)C)OC(=O)CCC/C=C/C/C=C/C/C=C/C/C=C/CCCCC. The van der Waals surface area contributed by atoms with E-state index in [1.54, 1.807) is 21.1 Å². The van der Waals surface area contributed by atoms with Crippen molar-refractivity contribution < 1.29 is 38.2 Å². The van der Waals surface area contributed by atoms with Gasteiger partial charge in [0.15, 0.2) is 6.10 Å². The van der Waals surface area contributed by atoms with E-state index in [2.05, 4.69) is 86.8 Å². The monoisotopic (exact) mass is 840 g/mol. The topological polar surface area (TPSA) is 102 Å². The summed E-state index contributed by atoms with van der Waals surface area (Å²) in [5.41, 5.74) is 0. The minimum absolute atomic E-state index is 0.0149. The number of carboxylic acids is 1. The molecular weight excluding hydrogens is 751 g/mol. The van der Waals surface area contributed by atoms with Crippen LogP contribution in [0.5, 0.6) is 0 Å². The molecule has 0 aromatic heterocycles. The van der Waals surface area contributed by atoms with Gasteiger partial charge in [-0.3, -0.25) is 9.59 Å². The summed E-state index contributed by atoms with van der Waals surface area (Å²) in [4.78, 5) is 36.9. The number of likely N-dealkylation sites (N-methyl/N-ethyl adjacent to an activating group) is 1. The number of hydrogen-bond acceptors (Lipinski definition) is 7. The maximum Gasteiger partial charge on any atom is 0.306 e. The molecule has 2 unspecified atom stereocenters. The number of ether oxygens (including phenoxy) is 3. The summed E-state index contributed by atoms with van der Waals surface area (Å²) in [6, 6.07) is -0.739. The van der Waals surface area contributed by atoms with Crippen LogP contribution in [0.4, 0.5) is 0 Å². The molecule has 0 radical (unpaired) electrons. The van der Waals surface area contributed by atoms with Crippen molar-refractivity contribution >= 4 is 17.9 Å². The van der Waals surface area contributed by atoms with Gasteiger partial charge in [0.2, 0.25) is 0 Å². The number of carbonyl (C=O) groups is 3. The molecule has 0 aliphatic carbocycles. The molecule has 0 bridgehead atoms. The fourth-order valence-electron chi connectivity index (χ4n) is 6.58. The van der Waals surface area contributed by atoms with E-state index in [1.807, 2.05) is 0 Å². The van der Waals surface area contributed by atoms with E-state index in [4.69, 9.17) is 14.2 Å². The van der Waals surface area contributed by atoms with E-state index < -0.39 is 18.1 Å². The van der Waals surface area contributed by atoms with E-state index in [0.29, 0.717) is 12.8 Å². The molecule has 0 fully saturated rings. The van der Waals surface area contributed by atoms with Gasteiger partial charge in [-0.15, -0.1) is 0 Å². The van der Waals surface area contributed by atoms with Gasteiger partial charge in [-0.2, -0.15) is 0 Å². The molecule has 0 saturated carbocycles. The average molecular weight is 840 g/mol. The van der Waals surface area contributed by atoms with Crippen molar-refractivity contribution in [1.29, 1.82) is 0 Å². The predicted octanol–water partition coefficient (Wildman–Crippen LogP) is 12.2. The highest BCUT2D eigenvalue weighted by Crippen LogP contribution is 2.14. The first kappa shape index (κ1) is 56.8. The lowest BCUT2D eigenvalue weighted by molar-refractivity contribution is -0.889. The number of esters is 2. The second-order valence-corrected chi connectivity index (χ2v) is 17.0. The van der Waals surface area contributed by atoms with Crippen molar-refractivity contribution in [3.63, 3.8) is 0 Å². The third kappa shape index (κ3) is 40.2. The number of aliphatic carboxylic acids is 1. The Morgan fingerprint density at radius 3 is 1.45 bits per heavy atom. The van der Waals surface area contributed by atoms with Gasteiger partial charge in [-0.25, -0.2) is 0 Å². The molecule has 344 valence electrons. The minimum atomic E-state index is -1.14. The summed E-state index contributed by atoms with van der Waals surface area (Å²) in [7, 11) is 5.39. The smallest absolute Gasteiger partial charge is 0.306 e. The second-order valence-electron chi connectivity index (χ2n) is 17.0. The zero-order valence-corrected chi connectivity index (χ0v) is 39.1. The molecule has 8 nitrogen and oxygen atoms in total. The number of carboxylic acid groups (broad SMARTS) is 1. The van der Waals surface area contributed by atoms with Crippen LogP contribution in [0.3, 0.4) is 0 Å². The van der Waals surface area contributed by atoms with Crippen molar-refractivity contribution in [3.05, 3.63) is 72.9 Å². The quantitative estimate of drug-likeness (QED) is 0.0198. The molecule has 0 N–H and O–H groups in total. The molecule has 0 aliphatic rings. The van der Waals surface area contributed by atoms with E-state index in [1.165, 1.54) is 103 Å². The Balaban J connectivity index is 4.39. The molecule has 0 aromatic rings. The number of rotatable bonds is 42. The van der Waals surface area contributed by atoms with Gasteiger partial charge in [0.1, 0.15) is 12.6 Å². The van der Waals surface area contributed by atoms with Crippen LogP contribution in [0.1, 0.15) is 187 Å². The average Bonchev–Trinajstić information content (AvgIpc) is 3.21. The van der Waals surface area contributed by atoms with Gasteiger partial charge < -0.3 is 28.6 Å². The lowest BCUT2D eigenvalue weighted by atomic mass is 10.1. The molecular formula is C52H89NO7. The van der Waals surface area contributed by atoms with Crippen LogP contribution in [0.2, 0.25) is 0 Å². The van der Waals surface area contributed by atoms with Crippen LogP contribution in [0, 0.1) is 0 Å². The summed E-state index contributed by atoms with van der Waals surface area (Å²) in [5.74, 6) is -1.82. The maximum atomic E-state index is 12.7. The van der Waals surface area contributed by atoms with Crippen molar-refractivity contribution in [1.82, 2.24) is 0 Å². The number of nitrogens with zero attached hydrogens (tertiary/aromatic N) is 1. The zero-order chi connectivity index (χ0) is 44.2. The van der Waals surface area contributed by atoms with Crippen LogP contribution in [-0.2, 0) is 28.6 Å². The van der Waals surface area contributed by atoms with Gasteiger partial charge in [0.05, 0.1) is 40.3 Å². The van der Waals surface area contributed by atoms with Gasteiger partial charge in [-0.05, 0) is 77.0 Å². The summed E-state index contributed by atoms with van der Waals surface area (Å²) in [5, 5.41) is 11.6. The van der Waals surface area contributed by atoms with E-state index in [-0.39, 0.29) is 49.1 Å². The van der Waals surface area contributed by atoms with Gasteiger partial charge >= 0.3 is 11.9 Å². The largest absolute Gasteiger partial charge is 0.544 e. The van der Waals surface area contributed by atoms with Crippen LogP contribution in [0.15, 0.2) is 72.9 Å². The number of quaternary nitrogens is 1. The Morgan fingerprint density at radius 1 is 0.517 bits per heavy atom. The highest BCUT2D eigenvalue weighted by molar-refractivity contribution is 5.70. The first-order valence-corrected chi connectivity index (χ1v) is 24.0. The van der Waals surface area contributed by atoms with Gasteiger partial charge in [-0.1, -0.05) is 164 Å². The first-order chi connectivity index (χ1) is 29.1. The van der Waals surface area contributed by atoms with Gasteiger partial charge in [0.25, 0.3) is 0 Å². The number of allylic oxidation sites excluding steroid dienone is 12. The fraction of sp³-hybridized carbons (Fsp3) is 0.712. The van der Waals surface area contributed by atoms with Crippen LogP contribution in [0.25, 0.3) is 0 Å². The lowest BCUT2D eigenvalue weighted by Crippen LogP contribution is -2.55. The normalized spacial score (nSPS) is 13.6. The van der Waals surface area contributed by atoms with Crippen molar-refractivity contribution in [2.45, 2.75) is 199 Å². The Morgan fingerprint density at radius 2 is 0.950 bits per heavy atom. The zero-order valence-electron chi connectivity index (χ0n) is 39.1. The van der Waals surface area contributed by atoms with Crippen molar-refractivity contribution in [2.75, 3.05) is 41.0 Å². The first-order valence-electron chi connectivity index (χ1n) is 24.0. The highest BCUT2D eigenvalue weighted by Gasteiger charge is 2.25. The number of carbonyl (C=O) groups excluding carboxylic acids is 3. The third-order valence-electron chi connectivity index (χ3n) is 10.3. The molecule has 60 heavy (non-hydrogen) atoms. The van der Waals surface area contributed by atoms with E-state index in [0.717, 1.165) is 44.9 Å². The summed E-state index contributed by atoms with van der Waals surface area (Å²) in [6.45, 7) is 4.54. The highest BCUT2D eigenvalue weighted by atomic mass is 16.6. The van der Waals surface area contributed by atoms with Gasteiger partial charge in [0, 0.05) is 19.3 Å². The fourth-order valence-corrected chi connectivity index (χ4v) is 6.58. The number of unbranched alkanes of at least 4 members (excludes halogenated alkanes) is 17. The molecule has 0 aliphatic heterocycles. The van der Waals surface area contributed by atoms with Crippen molar-refractivity contribution in [2.24, 2.45) is 0 Å². The van der Waals surface area contributed by atoms with Crippen molar-refractivity contribution in [3.8, 4) is 0 Å². The van der Waals surface area contributed by atoms with E-state index >= 15 is 0 Å². The second kappa shape index (κ2) is 42.5. The Labute approximate surface area is 368 Å². The van der Waals surface area contributed by atoms with Crippen LogP contribution in [-0.4, -0.2) is 75.5 Å². The Bertz CT molecular complexity index is 1210. The lowest BCUT2D eigenvalue weighted by Gasteiger charge is -2.34.